The van der Waals surface area contributed by atoms with Crippen LogP contribution in [0.1, 0.15) is 50.3 Å². The van der Waals surface area contributed by atoms with E-state index in [1.807, 2.05) is 31.3 Å². The standard InChI is InChI=1S/C31H35N3O4/c1-30(2)26-16-20-12-18(14-24(35)29(20)38-31(26,3)10-8-27(30)36)6-7-19-13-23-28(25(15-19)37-5)21(17-34(23)4)22-9-11-32-33-22/h6-7,9,11-15,17,26-27,35-36H,8,10,16H2,1-5H3,(H,32,33)/b7-6+/t26-,27-,31-/m1/s1. The number of aliphatic hydroxyl groups is 1. The summed E-state index contributed by atoms with van der Waals surface area (Å²) in [4.78, 5) is 0. The first-order valence-electron chi connectivity index (χ1n) is 13.2. The molecule has 1 saturated carbocycles. The van der Waals surface area contributed by atoms with E-state index < -0.39 is 5.60 Å². The number of aliphatic hydroxyl groups excluding tert-OH is 1. The predicted octanol–water partition coefficient (Wildman–Crippen LogP) is 5.94. The molecule has 0 bridgehead atoms. The van der Waals surface area contributed by atoms with E-state index in [9.17, 15) is 10.2 Å². The largest absolute Gasteiger partial charge is 0.504 e. The number of phenolic OH excluding ortho intramolecular Hbond substituents is 1. The number of ether oxygens (including phenoxy) is 2. The van der Waals surface area contributed by atoms with Gasteiger partial charge in [-0.05, 0) is 78.6 Å². The molecule has 2 aromatic carbocycles. The number of methoxy groups -OCH3 is 1. The lowest BCUT2D eigenvalue weighted by Crippen LogP contribution is -2.58. The molecule has 3 atom stereocenters. The van der Waals surface area contributed by atoms with Crippen LogP contribution in [-0.2, 0) is 13.5 Å². The molecule has 1 aliphatic heterocycles. The van der Waals surface area contributed by atoms with Crippen LogP contribution in [0.3, 0.4) is 0 Å². The van der Waals surface area contributed by atoms with Gasteiger partial charge in [-0.15, -0.1) is 0 Å². The second-order valence-electron chi connectivity index (χ2n) is 11.7. The van der Waals surface area contributed by atoms with E-state index in [2.05, 4.69) is 53.9 Å². The topological polar surface area (TPSA) is 92.5 Å². The molecule has 2 aliphatic rings. The van der Waals surface area contributed by atoms with Crippen LogP contribution in [0, 0.1) is 11.3 Å². The number of aromatic hydroxyl groups is 1. The van der Waals surface area contributed by atoms with Gasteiger partial charge in [-0.1, -0.05) is 26.0 Å². The van der Waals surface area contributed by atoms with Crippen molar-refractivity contribution in [2.75, 3.05) is 7.11 Å². The van der Waals surface area contributed by atoms with E-state index in [1.54, 1.807) is 19.4 Å². The van der Waals surface area contributed by atoms with E-state index in [1.165, 1.54) is 0 Å². The Balaban J connectivity index is 1.35. The summed E-state index contributed by atoms with van der Waals surface area (Å²) in [6.45, 7) is 6.37. The minimum atomic E-state index is -0.402. The Morgan fingerprint density at radius 1 is 1.16 bits per heavy atom. The molecule has 4 aromatic rings. The third-order valence-electron chi connectivity index (χ3n) is 8.89. The number of aryl methyl sites for hydroxylation is 1. The van der Waals surface area contributed by atoms with Crippen molar-refractivity contribution in [3.8, 4) is 28.5 Å². The maximum absolute atomic E-state index is 10.9. The SMILES string of the molecule is COc1cc(/C=C/c2cc(O)c3c(c2)C[C@@H]2C(C)(C)[C@H](O)CC[C@@]2(C)O3)cc2c1c(-c1ccn[nH]1)cn2C. The van der Waals surface area contributed by atoms with E-state index in [-0.39, 0.29) is 23.2 Å². The summed E-state index contributed by atoms with van der Waals surface area (Å²) in [7, 11) is 3.71. The number of hydrogen-bond donors (Lipinski definition) is 3. The Labute approximate surface area is 222 Å². The minimum absolute atomic E-state index is 0.151. The zero-order chi connectivity index (χ0) is 26.8. The normalized spacial score (nSPS) is 24.3. The monoisotopic (exact) mass is 513 g/mol. The van der Waals surface area contributed by atoms with Crippen molar-refractivity contribution >= 4 is 23.1 Å². The lowest BCUT2D eigenvalue weighted by Gasteiger charge is -2.55. The quantitative estimate of drug-likeness (QED) is 0.294. The number of nitrogens with zero attached hydrogens (tertiary/aromatic N) is 2. The van der Waals surface area contributed by atoms with Crippen LogP contribution in [0.15, 0.2) is 42.7 Å². The second kappa shape index (κ2) is 8.67. The van der Waals surface area contributed by atoms with Gasteiger partial charge in [0, 0.05) is 30.9 Å². The van der Waals surface area contributed by atoms with Gasteiger partial charge >= 0.3 is 0 Å². The number of aromatic nitrogens is 3. The maximum Gasteiger partial charge on any atom is 0.164 e. The molecular weight excluding hydrogens is 478 g/mol. The van der Waals surface area contributed by atoms with Crippen LogP contribution in [0.5, 0.6) is 17.2 Å². The lowest BCUT2D eigenvalue weighted by molar-refractivity contribution is -0.138. The van der Waals surface area contributed by atoms with E-state index in [4.69, 9.17) is 9.47 Å². The second-order valence-corrected chi connectivity index (χ2v) is 11.7. The molecule has 1 fully saturated rings. The highest BCUT2D eigenvalue weighted by Gasteiger charge is 2.54. The molecule has 0 amide bonds. The highest BCUT2D eigenvalue weighted by atomic mass is 16.5. The van der Waals surface area contributed by atoms with Gasteiger partial charge in [0.25, 0.3) is 0 Å². The lowest BCUT2D eigenvalue weighted by atomic mass is 9.57. The average molecular weight is 514 g/mol. The van der Waals surface area contributed by atoms with Crippen LogP contribution < -0.4 is 9.47 Å². The van der Waals surface area contributed by atoms with E-state index in [0.717, 1.165) is 57.4 Å². The van der Waals surface area contributed by atoms with Crippen molar-refractivity contribution in [1.82, 2.24) is 14.8 Å². The zero-order valence-corrected chi connectivity index (χ0v) is 22.6. The van der Waals surface area contributed by atoms with Crippen molar-refractivity contribution < 1.29 is 19.7 Å². The van der Waals surface area contributed by atoms with Crippen LogP contribution in [0.4, 0.5) is 0 Å². The summed E-state index contributed by atoms with van der Waals surface area (Å²) >= 11 is 0. The molecule has 0 saturated heterocycles. The first-order valence-corrected chi connectivity index (χ1v) is 13.2. The van der Waals surface area contributed by atoms with Crippen LogP contribution in [0.2, 0.25) is 0 Å². The predicted molar refractivity (Wildman–Crippen MR) is 149 cm³/mol. The smallest absolute Gasteiger partial charge is 0.164 e. The third kappa shape index (κ3) is 3.79. The third-order valence-corrected chi connectivity index (χ3v) is 8.89. The van der Waals surface area contributed by atoms with E-state index >= 15 is 0 Å². The molecule has 38 heavy (non-hydrogen) atoms. The Morgan fingerprint density at radius 2 is 1.92 bits per heavy atom. The summed E-state index contributed by atoms with van der Waals surface area (Å²) in [6.07, 6.45) is 9.73. The summed E-state index contributed by atoms with van der Waals surface area (Å²) in [5, 5.41) is 29.8. The Hall–Kier alpha value is -3.71. The molecule has 0 spiro atoms. The minimum Gasteiger partial charge on any atom is -0.504 e. The highest BCUT2D eigenvalue weighted by molar-refractivity contribution is 6.01. The van der Waals surface area contributed by atoms with Crippen molar-refractivity contribution in [2.24, 2.45) is 18.4 Å². The van der Waals surface area contributed by atoms with Crippen molar-refractivity contribution in [1.29, 1.82) is 0 Å². The fraction of sp³-hybridized carbons (Fsp3) is 0.387. The molecule has 0 radical (unpaired) electrons. The molecule has 1 aliphatic carbocycles. The molecule has 2 aromatic heterocycles. The molecule has 198 valence electrons. The summed E-state index contributed by atoms with van der Waals surface area (Å²) in [5.74, 6) is 1.67. The van der Waals surface area contributed by atoms with Gasteiger partial charge in [-0.3, -0.25) is 5.10 Å². The van der Waals surface area contributed by atoms with Gasteiger partial charge in [-0.25, -0.2) is 0 Å². The molecule has 7 nitrogen and oxygen atoms in total. The number of phenols is 1. The number of rotatable bonds is 4. The highest BCUT2D eigenvalue weighted by Crippen LogP contribution is 2.54. The molecule has 6 rings (SSSR count). The van der Waals surface area contributed by atoms with Gasteiger partial charge < -0.3 is 24.3 Å². The van der Waals surface area contributed by atoms with Crippen molar-refractivity contribution in [2.45, 2.75) is 51.7 Å². The molecule has 7 heteroatoms. The molecule has 3 heterocycles. The number of aromatic amines is 1. The summed E-state index contributed by atoms with van der Waals surface area (Å²) in [6, 6.07) is 9.96. The first-order chi connectivity index (χ1) is 18.1. The molecule has 3 N–H and O–H groups in total. The summed E-state index contributed by atoms with van der Waals surface area (Å²) in [5.41, 5.74) is 5.21. The fourth-order valence-electron chi connectivity index (χ4n) is 6.66. The van der Waals surface area contributed by atoms with Crippen molar-refractivity contribution in [3.63, 3.8) is 0 Å². The van der Waals surface area contributed by atoms with Crippen LogP contribution in [0.25, 0.3) is 34.3 Å². The van der Waals surface area contributed by atoms with Gasteiger partial charge in [-0.2, -0.15) is 5.10 Å². The number of fused-ring (bicyclic) bond motifs is 3. The number of H-pyrrole nitrogens is 1. The average Bonchev–Trinajstić information content (AvgIpc) is 3.53. The zero-order valence-electron chi connectivity index (χ0n) is 22.6. The number of nitrogens with one attached hydrogen (secondary N) is 1. The van der Waals surface area contributed by atoms with E-state index in [0.29, 0.717) is 12.2 Å². The first kappa shape index (κ1) is 24.6. The molecular formula is C31H35N3O4. The van der Waals surface area contributed by atoms with Crippen LogP contribution in [-0.4, -0.2) is 43.8 Å². The molecule has 0 unspecified atom stereocenters. The maximum atomic E-state index is 10.9. The Kier molecular flexibility index (Phi) is 5.61. The number of benzene rings is 2. The van der Waals surface area contributed by atoms with Gasteiger partial charge in [0.2, 0.25) is 0 Å². The van der Waals surface area contributed by atoms with Crippen molar-refractivity contribution in [3.05, 3.63) is 59.4 Å². The summed E-state index contributed by atoms with van der Waals surface area (Å²) < 4.78 is 14.4. The Bertz CT molecular complexity index is 1550. The fourth-order valence-corrected chi connectivity index (χ4v) is 6.66. The number of hydrogen-bond acceptors (Lipinski definition) is 5. The van der Waals surface area contributed by atoms with Gasteiger partial charge in [0.15, 0.2) is 11.5 Å². The van der Waals surface area contributed by atoms with Crippen LogP contribution >= 0.6 is 0 Å². The van der Waals surface area contributed by atoms with Gasteiger partial charge in [0.1, 0.15) is 11.4 Å². The Morgan fingerprint density at radius 3 is 2.63 bits per heavy atom. The van der Waals surface area contributed by atoms with Gasteiger partial charge in [0.05, 0.1) is 29.8 Å².